The quantitative estimate of drug-likeness (QED) is 0.452. The summed E-state index contributed by atoms with van der Waals surface area (Å²) in [6.45, 7) is 3.45. The Hall–Kier alpha value is -1.88. The summed E-state index contributed by atoms with van der Waals surface area (Å²) in [6, 6.07) is 4.08. The van der Waals surface area contributed by atoms with Gasteiger partial charge in [0.2, 0.25) is 0 Å². The number of thiazole rings is 1. The lowest BCUT2D eigenvalue weighted by atomic mass is 10.1. The molecule has 0 atom stereocenters. The molecule has 5 nitrogen and oxygen atoms in total. The normalized spacial score (nSPS) is 11.6. The number of ether oxygens (including phenoxy) is 1. The fourth-order valence-electron chi connectivity index (χ4n) is 2.52. The van der Waals surface area contributed by atoms with Crippen LogP contribution in [0.25, 0.3) is 11.1 Å². The minimum Gasteiger partial charge on any atom is -0.462 e. The number of benzene rings is 1. The number of rotatable bonds is 6. The third-order valence-electron chi connectivity index (χ3n) is 3.80. The number of halogens is 3. The first-order valence-corrected chi connectivity index (χ1v) is 11.9. The van der Waals surface area contributed by atoms with Crippen molar-refractivity contribution in [2.75, 3.05) is 6.61 Å². The molecule has 0 aliphatic rings. The highest BCUT2D eigenvalue weighted by Crippen LogP contribution is 2.40. The first-order chi connectivity index (χ1) is 13.6. The monoisotopic (exact) mass is 477 g/mol. The largest absolute Gasteiger partial charge is 0.462 e. The van der Waals surface area contributed by atoms with Crippen LogP contribution >= 0.6 is 34.3 Å². The van der Waals surface area contributed by atoms with Crippen LogP contribution in [0.4, 0.5) is 8.78 Å². The van der Waals surface area contributed by atoms with Crippen molar-refractivity contribution in [3.05, 3.63) is 55.8 Å². The van der Waals surface area contributed by atoms with Gasteiger partial charge in [-0.15, -0.1) is 22.7 Å². The molecular formula is C18H14ClF2NO4S3. The highest BCUT2D eigenvalue weighted by Gasteiger charge is 2.25. The van der Waals surface area contributed by atoms with Crippen molar-refractivity contribution in [3.63, 3.8) is 0 Å². The Balaban J connectivity index is 1.92. The summed E-state index contributed by atoms with van der Waals surface area (Å²) < 4.78 is 58.0. The van der Waals surface area contributed by atoms with Crippen molar-refractivity contribution in [2.24, 2.45) is 0 Å². The van der Waals surface area contributed by atoms with Crippen LogP contribution in [0.1, 0.15) is 27.3 Å². The number of thiophene rings is 1. The minimum atomic E-state index is -3.87. The highest BCUT2D eigenvalue weighted by atomic mass is 35.5. The van der Waals surface area contributed by atoms with Gasteiger partial charge in [0.05, 0.1) is 12.3 Å². The van der Waals surface area contributed by atoms with E-state index in [2.05, 4.69) is 4.98 Å². The predicted molar refractivity (Wildman–Crippen MR) is 108 cm³/mol. The molecule has 0 aliphatic heterocycles. The minimum absolute atomic E-state index is 0.0237. The summed E-state index contributed by atoms with van der Waals surface area (Å²) in [5, 5.41) is 0.216. The van der Waals surface area contributed by atoms with Gasteiger partial charge in [0.25, 0.3) is 0 Å². The number of hydrogen-bond donors (Lipinski definition) is 0. The topological polar surface area (TPSA) is 73.3 Å². The molecule has 2 aromatic heterocycles. The van der Waals surface area contributed by atoms with E-state index in [0.29, 0.717) is 5.69 Å². The van der Waals surface area contributed by atoms with Crippen molar-refractivity contribution < 1.29 is 26.7 Å². The maximum atomic E-state index is 14.1. The zero-order valence-corrected chi connectivity index (χ0v) is 18.4. The Morgan fingerprint density at radius 3 is 2.62 bits per heavy atom. The lowest BCUT2D eigenvalue weighted by molar-refractivity contribution is 0.0531. The van der Waals surface area contributed by atoms with Gasteiger partial charge in [-0.3, -0.25) is 0 Å². The molecule has 154 valence electrons. The number of aromatic nitrogens is 1. The van der Waals surface area contributed by atoms with Crippen LogP contribution in [-0.2, 0) is 20.3 Å². The summed E-state index contributed by atoms with van der Waals surface area (Å²) in [4.78, 5) is 16.3. The van der Waals surface area contributed by atoms with E-state index in [1.165, 1.54) is 6.07 Å². The van der Waals surface area contributed by atoms with Crippen LogP contribution in [-0.4, -0.2) is 26.0 Å². The maximum Gasteiger partial charge on any atom is 0.350 e. The second-order valence-corrected chi connectivity index (χ2v) is 10.8. The maximum absolute atomic E-state index is 14.1. The Morgan fingerprint density at radius 2 is 1.93 bits per heavy atom. The number of hydrogen-bond acceptors (Lipinski definition) is 7. The van der Waals surface area contributed by atoms with Gasteiger partial charge in [-0.05, 0) is 38.1 Å². The Bertz CT molecular complexity index is 1190. The van der Waals surface area contributed by atoms with Crippen molar-refractivity contribution in [1.29, 1.82) is 0 Å². The van der Waals surface area contributed by atoms with E-state index in [-0.39, 0.29) is 36.2 Å². The van der Waals surface area contributed by atoms with Crippen LogP contribution in [0.3, 0.4) is 0 Å². The van der Waals surface area contributed by atoms with Gasteiger partial charge in [0.15, 0.2) is 9.84 Å². The summed E-state index contributed by atoms with van der Waals surface area (Å²) in [5.74, 6) is -2.41. The van der Waals surface area contributed by atoms with Gasteiger partial charge in [-0.1, -0.05) is 11.6 Å². The fourth-order valence-corrected chi connectivity index (χ4v) is 6.92. The Morgan fingerprint density at radius 1 is 1.21 bits per heavy atom. The number of aryl methyl sites for hydroxylation is 1. The fraction of sp³-hybridized carbons (Fsp3) is 0.222. The zero-order chi connectivity index (χ0) is 21.3. The molecule has 2 heterocycles. The molecule has 1 aromatic carbocycles. The molecule has 0 amide bonds. The van der Waals surface area contributed by atoms with Gasteiger partial charge >= 0.3 is 5.97 Å². The first-order valence-electron chi connectivity index (χ1n) is 8.23. The molecule has 0 radical (unpaired) electrons. The third kappa shape index (κ3) is 4.66. The van der Waals surface area contributed by atoms with E-state index in [1.54, 1.807) is 13.8 Å². The van der Waals surface area contributed by atoms with E-state index < -0.39 is 33.2 Å². The second kappa shape index (κ2) is 8.47. The number of nitrogens with zero attached hydrogens (tertiary/aromatic N) is 1. The molecule has 0 saturated carbocycles. The first kappa shape index (κ1) is 21.8. The standard InChI is InChI=1S/C18H14ClF2NO4S3/c1-3-26-18(23)16-9(2)22-14(27-16)8-29(24,25)15-7-12(17(19)28-15)11-6-10(20)4-5-13(11)21/h4-7H,3,8H2,1-2H3. The molecule has 0 N–H and O–H groups in total. The van der Waals surface area contributed by atoms with E-state index in [4.69, 9.17) is 16.3 Å². The average molecular weight is 478 g/mol. The Labute approximate surface area is 178 Å². The molecule has 0 spiro atoms. The van der Waals surface area contributed by atoms with Gasteiger partial charge in [0, 0.05) is 11.1 Å². The van der Waals surface area contributed by atoms with Gasteiger partial charge < -0.3 is 4.74 Å². The van der Waals surface area contributed by atoms with E-state index in [0.717, 1.165) is 40.9 Å². The third-order valence-corrected chi connectivity index (χ3v) is 8.67. The van der Waals surface area contributed by atoms with Crippen LogP contribution in [0.5, 0.6) is 0 Å². The van der Waals surface area contributed by atoms with Gasteiger partial charge in [0.1, 0.15) is 35.8 Å². The molecule has 29 heavy (non-hydrogen) atoms. The summed E-state index contributed by atoms with van der Waals surface area (Å²) in [5.41, 5.74) is 0.350. The van der Waals surface area contributed by atoms with Gasteiger partial charge in [-0.25, -0.2) is 27.0 Å². The molecule has 0 bridgehead atoms. The number of carbonyl (C=O) groups excluding carboxylic acids is 1. The van der Waals surface area contributed by atoms with Crippen molar-refractivity contribution in [2.45, 2.75) is 23.8 Å². The molecule has 3 aromatic rings. The lowest BCUT2D eigenvalue weighted by Gasteiger charge is -2.01. The van der Waals surface area contributed by atoms with E-state index in [9.17, 15) is 22.0 Å². The zero-order valence-electron chi connectivity index (χ0n) is 15.2. The SMILES string of the molecule is CCOC(=O)c1sc(CS(=O)(=O)c2cc(-c3cc(F)ccc3F)c(Cl)s2)nc1C. The van der Waals surface area contributed by atoms with Crippen LogP contribution in [0.2, 0.25) is 4.34 Å². The van der Waals surface area contributed by atoms with Crippen LogP contribution in [0.15, 0.2) is 28.5 Å². The molecule has 11 heteroatoms. The van der Waals surface area contributed by atoms with Crippen molar-refractivity contribution >= 4 is 50.1 Å². The predicted octanol–water partition coefficient (Wildman–Crippen LogP) is 5.26. The molecule has 0 unspecified atom stereocenters. The van der Waals surface area contributed by atoms with Crippen molar-refractivity contribution in [1.82, 2.24) is 4.98 Å². The van der Waals surface area contributed by atoms with E-state index in [1.807, 2.05) is 0 Å². The number of esters is 1. The molecule has 3 rings (SSSR count). The molecule has 0 fully saturated rings. The smallest absolute Gasteiger partial charge is 0.350 e. The second-order valence-electron chi connectivity index (χ2n) is 5.88. The molecule has 0 aliphatic carbocycles. The lowest BCUT2D eigenvalue weighted by Crippen LogP contribution is -2.03. The summed E-state index contributed by atoms with van der Waals surface area (Å²) >= 11 is 7.80. The molecule has 0 saturated heterocycles. The van der Waals surface area contributed by atoms with Gasteiger partial charge in [-0.2, -0.15) is 0 Å². The summed E-state index contributed by atoms with van der Waals surface area (Å²) in [7, 11) is -3.87. The summed E-state index contributed by atoms with van der Waals surface area (Å²) in [6.07, 6.45) is 0. The van der Waals surface area contributed by atoms with Crippen LogP contribution in [0, 0.1) is 18.6 Å². The number of carbonyl (C=O) groups is 1. The highest BCUT2D eigenvalue weighted by molar-refractivity contribution is 7.92. The van der Waals surface area contributed by atoms with E-state index >= 15 is 0 Å². The molecular weight excluding hydrogens is 464 g/mol. The van der Waals surface area contributed by atoms with Crippen molar-refractivity contribution in [3.8, 4) is 11.1 Å². The number of sulfone groups is 1. The Kier molecular flexibility index (Phi) is 6.37. The van der Waals surface area contributed by atoms with Crippen LogP contribution < -0.4 is 0 Å². The average Bonchev–Trinajstić information content (AvgIpc) is 3.20.